The van der Waals surface area contributed by atoms with Gasteiger partial charge in [0.05, 0.1) is 19.8 Å². The van der Waals surface area contributed by atoms with Gasteiger partial charge in [-0.3, -0.25) is 0 Å². The Labute approximate surface area is 115 Å². The molecule has 4 heteroatoms. The molecule has 0 spiro atoms. The molecular weight excluding hydrogens is 240 g/mol. The second-order valence-corrected chi connectivity index (χ2v) is 4.83. The van der Waals surface area contributed by atoms with Crippen molar-refractivity contribution in [3.8, 4) is 5.75 Å². The number of ether oxygens (including phenoxy) is 2. The number of benzene rings is 1. The Hall–Kier alpha value is -1.10. The normalized spacial score (nSPS) is 19.3. The number of hydrogen-bond donors (Lipinski definition) is 2. The monoisotopic (exact) mass is 264 g/mol. The van der Waals surface area contributed by atoms with Gasteiger partial charge in [0.2, 0.25) is 0 Å². The third-order valence-electron chi connectivity index (χ3n) is 3.40. The zero-order valence-corrected chi connectivity index (χ0v) is 11.7. The molecule has 0 amide bonds. The molecule has 19 heavy (non-hydrogen) atoms. The van der Waals surface area contributed by atoms with Crippen LogP contribution < -0.4 is 15.4 Å². The SMILES string of the molecule is COc1ccc(CCNCCC2CNCCO2)cc1. The lowest BCUT2D eigenvalue weighted by atomic mass is 10.1. The van der Waals surface area contributed by atoms with Gasteiger partial charge in [-0.15, -0.1) is 0 Å². The lowest BCUT2D eigenvalue weighted by Gasteiger charge is -2.23. The number of morpholine rings is 1. The van der Waals surface area contributed by atoms with Gasteiger partial charge in [0, 0.05) is 13.1 Å². The van der Waals surface area contributed by atoms with E-state index < -0.39 is 0 Å². The molecule has 1 saturated heterocycles. The van der Waals surface area contributed by atoms with Crippen LogP contribution >= 0.6 is 0 Å². The quantitative estimate of drug-likeness (QED) is 0.726. The maximum absolute atomic E-state index is 5.65. The summed E-state index contributed by atoms with van der Waals surface area (Å²) in [5.74, 6) is 0.915. The molecule has 0 aliphatic carbocycles. The Morgan fingerprint density at radius 2 is 2.16 bits per heavy atom. The fraction of sp³-hybridized carbons (Fsp3) is 0.600. The van der Waals surface area contributed by atoms with Gasteiger partial charge in [-0.05, 0) is 43.6 Å². The molecule has 1 aliphatic rings. The Morgan fingerprint density at radius 3 is 2.84 bits per heavy atom. The van der Waals surface area contributed by atoms with E-state index in [-0.39, 0.29) is 0 Å². The average molecular weight is 264 g/mol. The minimum Gasteiger partial charge on any atom is -0.497 e. The first-order chi connectivity index (χ1) is 9.38. The van der Waals surface area contributed by atoms with Crippen molar-refractivity contribution in [2.45, 2.75) is 18.9 Å². The first kappa shape index (κ1) is 14.3. The molecule has 0 bridgehead atoms. The van der Waals surface area contributed by atoms with Crippen molar-refractivity contribution in [2.75, 3.05) is 39.9 Å². The largest absolute Gasteiger partial charge is 0.497 e. The van der Waals surface area contributed by atoms with Gasteiger partial charge >= 0.3 is 0 Å². The smallest absolute Gasteiger partial charge is 0.118 e. The molecule has 1 aromatic carbocycles. The van der Waals surface area contributed by atoms with Gasteiger partial charge in [0.15, 0.2) is 0 Å². The molecule has 1 aromatic rings. The van der Waals surface area contributed by atoms with Crippen LogP contribution in [0.25, 0.3) is 0 Å². The van der Waals surface area contributed by atoms with Crippen molar-refractivity contribution in [1.29, 1.82) is 0 Å². The number of methoxy groups -OCH3 is 1. The van der Waals surface area contributed by atoms with Crippen LogP contribution in [-0.2, 0) is 11.2 Å². The van der Waals surface area contributed by atoms with Crippen molar-refractivity contribution in [3.05, 3.63) is 29.8 Å². The Morgan fingerprint density at radius 1 is 1.32 bits per heavy atom. The van der Waals surface area contributed by atoms with Gasteiger partial charge in [0.1, 0.15) is 5.75 Å². The van der Waals surface area contributed by atoms with Gasteiger partial charge in [-0.25, -0.2) is 0 Å². The number of hydrogen-bond acceptors (Lipinski definition) is 4. The molecule has 1 fully saturated rings. The van der Waals surface area contributed by atoms with Crippen LogP contribution in [0.3, 0.4) is 0 Å². The third kappa shape index (κ3) is 5.19. The number of rotatable bonds is 7. The minimum atomic E-state index is 0.377. The summed E-state index contributed by atoms with van der Waals surface area (Å²) in [6.45, 7) is 4.84. The van der Waals surface area contributed by atoms with Gasteiger partial charge in [0.25, 0.3) is 0 Å². The molecule has 2 rings (SSSR count). The fourth-order valence-corrected chi connectivity index (χ4v) is 2.22. The molecule has 1 unspecified atom stereocenters. The summed E-state index contributed by atoms with van der Waals surface area (Å²) >= 11 is 0. The topological polar surface area (TPSA) is 42.5 Å². The summed E-state index contributed by atoms with van der Waals surface area (Å²) in [6, 6.07) is 8.26. The summed E-state index contributed by atoms with van der Waals surface area (Å²) in [7, 11) is 1.69. The van der Waals surface area contributed by atoms with E-state index in [1.54, 1.807) is 7.11 Å². The lowest BCUT2D eigenvalue weighted by molar-refractivity contribution is 0.0239. The Balaban J connectivity index is 1.55. The Kier molecular flexibility index (Phi) is 6.14. The van der Waals surface area contributed by atoms with Gasteiger partial charge in [-0.1, -0.05) is 12.1 Å². The van der Waals surface area contributed by atoms with E-state index in [1.807, 2.05) is 12.1 Å². The molecule has 0 saturated carbocycles. The second kappa shape index (κ2) is 8.15. The lowest BCUT2D eigenvalue weighted by Crippen LogP contribution is -2.40. The average Bonchev–Trinajstić information content (AvgIpc) is 2.49. The van der Waals surface area contributed by atoms with E-state index in [0.29, 0.717) is 6.10 Å². The predicted octanol–water partition coefficient (Wildman–Crippen LogP) is 1.21. The van der Waals surface area contributed by atoms with E-state index >= 15 is 0 Å². The van der Waals surface area contributed by atoms with E-state index in [9.17, 15) is 0 Å². The van der Waals surface area contributed by atoms with Crippen LogP contribution in [0.1, 0.15) is 12.0 Å². The van der Waals surface area contributed by atoms with Crippen LogP contribution in [0.5, 0.6) is 5.75 Å². The highest BCUT2D eigenvalue weighted by molar-refractivity contribution is 5.27. The van der Waals surface area contributed by atoms with Crippen molar-refractivity contribution in [1.82, 2.24) is 10.6 Å². The zero-order chi connectivity index (χ0) is 13.3. The molecule has 1 heterocycles. The molecule has 2 N–H and O–H groups in total. The molecule has 1 aliphatic heterocycles. The van der Waals surface area contributed by atoms with E-state index in [2.05, 4.69) is 22.8 Å². The molecular formula is C15H24N2O2. The Bertz CT molecular complexity index is 348. The molecule has 106 valence electrons. The summed E-state index contributed by atoms with van der Waals surface area (Å²) in [4.78, 5) is 0. The number of nitrogens with one attached hydrogen (secondary N) is 2. The van der Waals surface area contributed by atoms with Crippen molar-refractivity contribution >= 4 is 0 Å². The van der Waals surface area contributed by atoms with Crippen LogP contribution in [0.15, 0.2) is 24.3 Å². The highest BCUT2D eigenvalue weighted by Gasteiger charge is 2.11. The molecule has 1 atom stereocenters. The van der Waals surface area contributed by atoms with E-state index in [1.165, 1.54) is 5.56 Å². The first-order valence-corrected chi connectivity index (χ1v) is 7.04. The van der Waals surface area contributed by atoms with Crippen molar-refractivity contribution in [3.63, 3.8) is 0 Å². The minimum absolute atomic E-state index is 0.377. The van der Waals surface area contributed by atoms with Gasteiger partial charge < -0.3 is 20.1 Å². The van der Waals surface area contributed by atoms with Crippen molar-refractivity contribution in [2.24, 2.45) is 0 Å². The summed E-state index contributed by atoms with van der Waals surface area (Å²) in [5.41, 5.74) is 1.34. The molecule has 0 radical (unpaired) electrons. The summed E-state index contributed by atoms with van der Waals surface area (Å²) in [5, 5.41) is 6.82. The first-order valence-electron chi connectivity index (χ1n) is 7.04. The van der Waals surface area contributed by atoms with Crippen LogP contribution in [0.2, 0.25) is 0 Å². The van der Waals surface area contributed by atoms with Gasteiger partial charge in [-0.2, -0.15) is 0 Å². The molecule has 4 nitrogen and oxygen atoms in total. The second-order valence-electron chi connectivity index (χ2n) is 4.83. The highest BCUT2D eigenvalue weighted by Crippen LogP contribution is 2.11. The summed E-state index contributed by atoms with van der Waals surface area (Å²) < 4.78 is 10.8. The van der Waals surface area contributed by atoms with Crippen molar-refractivity contribution < 1.29 is 9.47 Å². The maximum atomic E-state index is 5.65. The van der Waals surface area contributed by atoms with E-state index in [0.717, 1.165) is 51.4 Å². The van der Waals surface area contributed by atoms with Crippen LogP contribution in [0.4, 0.5) is 0 Å². The van der Waals surface area contributed by atoms with E-state index in [4.69, 9.17) is 9.47 Å². The maximum Gasteiger partial charge on any atom is 0.118 e. The third-order valence-corrected chi connectivity index (χ3v) is 3.40. The predicted molar refractivity (Wildman–Crippen MR) is 76.8 cm³/mol. The highest BCUT2D eigenvalue weighted by atomic mass is 16.5. The fourth-order valence-electron chi connectivity index (χ4n) is 2.22. The zero-order valence-electron chi connectivity index (χ0n) is 11.7. The summed E-state index contributed by atoms with van der Waals surface area (Å²) in [6.07, 6.45) is 2.51. The van der Waals surface area contributed by atoms with Crippen LogP contribution in [0, 0.1) is 0 Å². The standard InChI is InChI=1S/C15H24N2O2/c1-18-14-4-2-13(3-5-14)6-8-16-9-7-15-12-17-10-11-19-15/h2-5,15-17H,6-12H2,1H3. The molecule has 0 aromatic heterocycles. The van der Waals surface area contributed by atoms with Crippen LogP contribution in [-0.4, -0.2) is 46.0 Å².